The van der Waals surface area contributed by atoms with Crippen molar-refractivity contribution in [2.45, 2.75) is 44.6 Å². The first-order valence-electron chi connectivity index (χ1n) is 7.68. The molecule has 1 fully saturated rings. The average Bonchev–Trinajstić information content (AvgIpc) is 2.46. The number of nitrogens with zero attached hydrogens (tertiary/aromatic N) is 1. The first-order chi connectivity index (χ1) is 9.67. The molecule has 0 heterocycles. The molecule has 0 radical (unpaired) electrons. The molecule has 2 N–H and O–H groups in total. The Labute approximate surface area is 122 Å². The van der Waals surface area contributed by atoms with Gasteiger partial charge in [-0.25, -0.2) is 0 Å². The van der Waals surface area contributed by atoms with Gasteiger partial charge >= 0.3 is 0 Å². The zero-order valence-electron chi connectivity index (χ0n) is 13.0. The Morgan fingerprint density at radius 2 is 1.65 bits per heavy atom. The van der Waals surface area contributed by atoms with Gasteiger partial charge in [0.25, 0.3) is 0 Å². The van der Waals surface area contributed by atoms with E-state index in [9.17, 15) is 4.79 Å². The van der Waals surface area contributed by atoms with Gasteiger partial charge in [0.05, 0.1) is 13.2 Å². The highest BCUT2D eigenvalue weighted by Crippen LogP contribution is 2.27. The van der Waals surface area contributed by atoms with Crippen molar-refractivity contribution in [3.05, 3.63) is 0 Å². The van der Waals surface area contributed by atoms with Crippen molar-refractivity contribution in [1.82, 2.24) is 4.90 Å². The van der Waals surface area contributed by atoms with Gasteiger partial charge in [-0.3, -0.25) is 4.79 Å². The number of hydrogen-bond acceptors (Lipinski definition) is 4. The van der Waals surface area contributed by atoms with Gasteiger partial charge in [-0.05, 0) is 38.0 Å². The third-order valence-electron chi connectivity index (χ3n) is 4.14. The molecular weight excluding hydrogens is 256 g/mol. The van der Waals surface area contributed by atoms with Gasteiger partial charge in [0, 0.05) is 39.8 Å². The smallest absolute Gasteiger partial charge is 0.222 e. The minimum Gasteiger partial charge on any atom is -0.383 e. The molecule has 1 aliphatic rings. The van der Waals surface area contributed by atoms with Crippen molar-refractivity contribution in [3.8, 4) is 0 Å². The van der Waals surface area contributed by atoms with E-state index in [1.54, 1.807) is 14.2 Å². The van der Waals surface area contributed by atoms with E-state index in [0.717, 1.165) is 19.3 Å². The summed E-state index contributed by atoms with van der Waals surface area (Å²) in [6, 6.07) is 0.377. The van der Waals surface area contributed by atoms with Crippen molar-refractivity contribution < 1.29 is 14.3 Å². The number of rotatable bonds is 9. The van der Waals surface area contributed by atoms with Gasteiger partial charge in [0.15, 0.2) is 0 Å². The molecule has 5 nitrogen and oxygen atoms in total. The number of ether oxygens (including phenoxy) is 2. The molecule has 1 amide bonds. The normalized spacial score (nSPS) is 22.8. The van der Waals surface area contributed by atoms with Crippen LogP contribution in [-0.2, 0) is 14.3 Å². The highest BCUT2D eigenvalue weighted by molar-refractivity contribution is 5.76. The molecule has 0 aromatic carbocycles. The van der Waals surface area contributed by atoms with E-state index in [0.29, 0.717) is 44.7 Å². The molecule has 0 saturated heterocycles. The molecule has 0 spiro atoms. The molecule has 0 aromatic rings. The zero-order chi connectivity index (χ0) is 14.8. The Morgan fingerprint density at radius 1 is 1.10 bits per heavy atom. The van der Waals surface area contributed by atoms with Gasteiger partial charge < -0.3 is 20.1 Å². The predicted octanol–water partition coefficient (Wildman–Crippen LogP) is 1.41. The van der Waals surface area contributed by atoms with Gasteiger partial charge in [0.1, 0.15) is 0 Å². The minimum absolute atomic E-state index is 0.217. The molecule has 0 aromatic heterocycles. The second-order valence-electron chi connectivity index (χ2n) is 5.69. The van der Waals surface area contributed by atoms with Crippen LogP contribution in [0.15, 0.2) is 0 Å². The van der Waals surface area contributed by atoms with Gasteiger partial charge in [-0.2, -0.15) is 0 Å². The van der Waals surface area contributed by atoms with Gasteiger partial charge in [-0.1, -0.05) is 0 Å². The maximum Gasteiger partial charge on any atom is 0.222 e. The minimum atomic E-state index is 0.217. The maximum atomic E-state index is 12.3. The summed E-state index contributed by atoms with van der Waals surface area (Å²) in [5.41, 5.74) is 5.91. The van der Waals surface area contributed by atoms with E-state index < -0.39 is 0 Å². The third-order valence-corrected chi connectivity index (χ3v) is 4.14. The molecule has 0 atom stereocenters. The first kappa shape index (κ1) is 17.4. The van der Waals surface area contributed by atoms with Crippen LogP contribution in [0.5, 0.6) is 0 Å². The summed E-state index contributed by atoms with van der Waals surface area (Å²) in [4.78, 5) is 14.1. The summed E-state index contributed by atoms with van der Waals surface area (Å²) in [6.07, 6.45) is 6.18. The van der Waals surface area contributed by atoms with E-state index in [2.05, 4.69) is 0 Å². The number of amides is 1. The summed E-state index contributed by atoms with van der Waals surface area (Å²) < 4.78 is 10.1. The van der Waals surface area contributed by atoms with Crippen LogP contribution in [0.3, 0.4) is 0 Å². The molecule has 1 aliphatic carbocycles. The molecule has 0 aliphatic heterocycles. The summed E-state index contributed by atoms with van der Waals surface area (Å²) in [5.74, 6) is 0.888. The Morgan fingerprint density at radius 3 is 2.15 bits per heavy atom. The Kier molecular flexibility index (Phi) is 8.82. The van der Waals surface area contributed by atoms with Crippen molar-refractivity contribution in [2.75, 3.05) is 40.5 Å². The fourth-order valence-electron chi connectivity index (χ4n) is 2.73. The Balaban J connectivity index is 2.28. The van der Waals surface area contributed by atoms with E-state index >= 15 is 0 Å². The third kappa shape index (κ3) is 6.68. The summed E-state index contributed by atoms with van der Waals surface area (Å²) in [7, 11) is 3.31. The molecule has 1 rings (SSSR count). The standard InChI is InChI=1S/C15H30N2O3/c1-19-11-9-17(10-12-20-2)15(18)8-5-13-3-6-14(16)7-4-13/h13-14H,3-12,16H2,1-2H3. The van der Waals surface area contributed by atoms with Gasteiger partial charge in [-0.15, -0.1) is 0 Å². The van der Waals surface area contributed by atoms with Crippen LogP contribution in [-0.4, -0.2) is 57.4 Å². The maximum absolute atomic E-state index is 12.3. The monoisotopic (exact) mass is 286 g/mol. The number of carbonyl (C=O) groups is 1. The van der Waals surface area contributed by atoms with E-state index in [-0.39, 0.29) is 5.91 Å². The molecule has 118 valence electrons. The molecule has 5 heteroatoms. The lowest BCUT2D eigenvalue weighted by atomic mass is 9.84. The summed E-state index contributed by atoms with van der Waals surface area (Å²) >= 11 is 0. The second-order valence-corrected chi connectivity index (χ2v) is 5.69. The molecule has 20 heavy (non-hydrogen) atoms. The van der Waals surface area contributed by atoms with E-state index in [1.165, 1.54) is 12.8 Å². The highest BCUT2D eigenvalue weighted by atomic mass is 16.5. The lowest BCUT2D eigenvalue weighted by Gasteiger charge is -2.27. The summed E-state index contributed by atoms with van der Waals surface area (Å²) in [6.45, 7) is 2.45. The lowest BCUT2D eigenvalue weighted by molar-refractivity contribution is -0.132. The Bertz CT molecular complexity index is 258. The molecule has 1 saturated carbocycles. The van der Waals surface area contributed by atoms with Crippen molar-refractivity contribution >= 4 is 5.91 Å². The number of hydrogen-bond donors (Lipinski definition) is 1. The molecular formula is C15H30N2O3. The van der Waals surface area contributed by atoms with Crippen LogP contribution in [0.25, 0.3) is 0 Å². The van der Waals surface area contributed by atoms with E-state index in [4.69, 9.17) is 15.2 Å². The fourth-order valence-corrected chi connectivity index (χ4v) is 2.73. The zero-order valence-corrected chi connectivity index (χ0v) is 13.0. The number of methoxy groups -OCH3 is 2. The Hall–Kier alpha value is -0.650. The SMILES string of the molecule is COCCN(CCOC)C(=O)CCC1CCC(N)CC1. The topological polar surface area (TPSA) is 64.8 Å². The largest absolute Gasteiger partial charge is 0.383 e. The van der Waals surface area contributed by atoms with Crippen molar-refractivity contribution in [1.29, 1.82) is 0 Å². The quantitative estimate of drug-likeness (QED) is 0.696. The van der Waals surface area contributed by atoms with Crippen LogP contribution in [0.2, 0.25) is 0 Å². The number of nitrogens with two attached hydrogens (primary N) is 1. The van der Waals surface area contributed by atoms with Gasteiger partial charge in [0.2, 0.25) is 5.91 Å². The fraction of sp³-hybridized carbons (Fsp3) is 0.933. The van der Waals surface area contributed by atoms with Crippen LogP contribution in [0, 0.1) is 5.92 Å². The van der Waals surface area contributed by atoms with Crippen molar-refractivity contribution in [3.63, 3.8) is 0 Å². The van der Waals surface area contributed by atoms with Crippen LogP contribution < -0.4 is 5.73 Å². The predicted molar refractivity (Wildman–Crippen MR) is 79.5 cm³/mol. The molecule has 0 unspecified atom stereocenters. The van der Waals surface area contributed by atoms with Crippen LogP contribution in [0.1, 0.15) is 38.5 Å². The van der Waals surface area contributed by atoms with Crippen LogP contribution >= 0.6 is 0 Å². The van der Waals surface area contributed by atoms with E-state index in [1.807, 2.05) is 4.90 Å². The van der Waals surface area contributed by atoms with Crippen molar-refractivity contribution in [2.24, 2.45) is 11.7 Å². The lowest BCUT2D eigenvalue weighted by Crippen LogP contribution is -2.36. The first-order valence-corrected chi connectivity index (χ1v) is 7.68. The van der Waals surface area contributed by atoms with Crippen LogP contribution in [0.4, 0.5) is 0 Å². The average molecular weight is 286 g/mol. The number of carbonyl (C=O) groups excluding carboxylic acids is 1. The second kappa shape index (κ2) is 10.1. The summed E-state index contributed by atoms with van der Waals surface area (Å²) in [5, 5.41) is 0. The molecule has 0 bridgehead atoms. The highest BCUT2D eigenvalue weighted by Gasteiger charge is 2.20.